The number of nitrogens with one attached hydrogen (secondary N) is 2. The SMILES string of the molecule is CC(C)c1c(-c2ccnc3n[nH]cc23)[nH]c2ccc(-c3nnc(CN4CCCC4)o3)cc12. The molecule has 32 heavy (non-hydrogen) atoms. The van der Waals surface area contributed by atoms with Crippen LogP contribution in [0.4, 0.5) is 0 Å². The van der Waals surface area contributed by atoms with Gasteiger partial charge in [0.15, 0.2) is 5.65 Å². The minimum atomic E-state index is 0.317. The maximum atomic E-state index is 6.02. The number of H-pyrrole nitrogens is 2. The number of benzene rings is 1. The number of fused-ring (bicyclic) bond motifs is 2. The zero-order valence-corrected chi connectivity index (χ0v) is 18.2. The van der Waals surface area contributed by atoms with E-state index in [2.05, 4.69) is 61.2 Å². The van der Waals surface area contributed by atoms with E-state index in [9.17, 15) is 0 Å². The van der Waals surface area contributed by atoms with E-state index in [-0.39, 0.29) is 0 Å². The summed E-state index contributed by atoms with van der Waals surface area (Å²) in [6, 6.07) is 8.33. The summed E-state index contributed by atoms with van der Waals surface area (Å²) in [6.45, 7) is 7.36. The van der Waals surface area contributed by atoms with Crippen LogP contribution in [-0.4, -0.2) is 48.4 Å². The molecule has 8 nitrogen and oxygen atoms in total. The van der Waals surface area contributed by atoms with E-state index in [0.717, 1.165) is 47.4 Å². The Morgan fingerprint density at radius 2 is 1.97 bits per heavy atom. The van der Waals surface area contributed by atoms with Gasteiger partial charge in [-0.2, -0.15) is 5.10 Å². The zero-order chi connectivity index (χ0) is 21.7. The van der Waals surface area contributed by atoms with E-state index in [1.165, 1.54) is 23.8 Å². The minimum absolute atomic E-state index is 0.317. The van der Waals surface area contributed by atoms with Crippen molar-refractivity contribution in [1.29, 1.82) is 0 Å². The van der Waals surface area contributed by atoms with E-state index >= 15 is 0 Å². The van der Waals surface area contributed by atoms with Crippen LogP contribution in [0.5, 0.6) is 0 Å². The van der Waals surface area contributed by atoms with Crippen molar-refractivity contribution in [3.05, 3.63) is 48.1 Å². The molecule has 8 heteroatoms. The second-order valence-electron chi connectivity index (χ2n) is 8.79. The van der Waals surface area contributed by atoms with Crippen LogP contribution >= 0.6 is 0 Å². The van der Waals surface area contributed by atoms with Gasteiger partial charge in [0.05, 0.1) is 12.2 Å². The van der Waals surface area contributed by atoms with Crippen molar-refractivity contribution in [2.75, 3.05) is 13.1 Å². The molecular weight excluding hydrogens is 402 g/mol. The second-order valence-corrected chi connectivity index (χ2v) is 8.79. The molecule has 0 radical (unpaired) electrons. The van der Waals surface area contributed by atoms with E-state index in [0.29, 0.717) is 23.3 Å². The predicted octanol–water partition coefficient (Wildman–Crippen LogP) is 4.88. The Kier molecular flexibility index (Phi) is 4.53. The number of hydrogen-bond donors (Lipinski definition) is 2. The summed E-state index contributed by atoms with van der Waals surface area (Å²) >= 11 is 0. The van der Waals surface area contributed by atoms with E-state index in [1.807, 2.05) is 18.3 Å². The van der Waals surface area contributed by atoms with Crippen molar-refractivity contribution in [3.8, 4) is 22.7 Å². The van der Waals surface area contributed by atoms with Gasteiger partial charge < -0.3 is 9.40 Å². The van der Waals surface area contributed by atoms with Gasteiger partial charge in [-0.3, -0.25) is 10.00 Å². The van der Waals surface area contributed by atoms with Gasteiger partial charge in [0.2, 0.25) is 11.8 Å². The Labute approximate surface area is 185 Å². The van der Waals surface area contributed by atoms with Crippen LogP contribution in [0.15, 0.2) is 41.1 Å². The topological polar surface area (TPSA) is 99.5 Å². The molecule has 162 valence electrons. The fraction of sp³-hybridized carbons (Fsp3) is 0.333. The van der Waals surface area contributed by atoms with Crippen molar-refractivity contribution < 1.29 is 4.42 Å². The minimum Gasteiger partial charge on any atom is -0.419 e. The average Bonchev–Trinajstić information content (AvgIpc) is 3.58. The van der Waals surface area contributed by atoms with Crippen LogP contribution in [-0.2, 0) is 6.54 Å². The number of hydrogen-bond acceptors (Lipinski definition) is 6. The van der Waals surface area contributed by atoms with Crippen molar-refractivity contribution in [2.24, 2.45) is 0 Å². The Hall–Kier alpha value is -3.52. The predicted molar refractivity (Wildman–Crippen MR) is 123 cm³/mol. The molecule has 0 atom stereocenters. The normalized spacial score (nSPS) is 15.0. The molecule has 2 N–H and O–H groups in total. The lowest BCUT2D eigenvalue weighted by Crippen LogP contribution is -2.18. The average molecular weight is 428 g/mol. The van der Waals surface area contributed by atoms with Gasteiger partial charge in [-0.05, 0) is 61.7 Å². The molecule has 1 aromatic carbocycles. The van der Waals surface area contributed by atoms with Crippen molar-refractivity contribution in [3.63, 3.8) is 0 Å². The molecule has 0 bridgehead atoms. The van der Waals surface area contributed by atoms with E-state index in [1.54, 1.807) is 6.20 Å². The Morgan fingerprint density at radius 3 is 2.81 bits per heavy atom. The van der Waals surface area contributed by atoms with Gasteiger partial charge >= 0.3 is 0 Å². The number of aromatic amines is 2. The van der Waals surface area contributed by atoms with Crippen LogP contribution in [0, 0.1) is 0 Å². The van der Waals surface area contributed by atoms with Gasteiger partial charge in [-0.15, -0.1) is 10.2 Å². The molecule has 1 fully saturated rings. The zero-order valence-electron chi connectivity index (χ0n) is 18.2. The summed E-state index contributed by atoms with van der Waals surface area (Å²) in [5.74, 6) is 1.57. The number of nitrogens with zero attached hydrogens (tertiary/aromatic N) is 5. The first-order valence-electron chi connectivity index (χ1n) is 11.2. The highest BCUT2D eigenvalue weighted by molar-refractivity contribution is 5.99. The molecule has 0 spiro atoms. The monoisotopic (exact) mass is 427 g/mol. The maximum Gasteiger partial charge on any atom is 0.247 e. The fourth-order valence-corrected chi connectivity index (χ4v) is 4.79. The molecule has 0 aliphatic carbocycles. The molecule has 1 aliphatic heterocycles. The number of aromatic nitrogens is 6. The first-order chi connectivity index (χ1) is 15.7. The van der Waals surface area contributed by atoms with Gasteiger partial charge in [-0.25, -0.2) is 4.98 Å². The Morgan fingerprint density at radius 1 is 1.09 bits per heavy atom. The lowest BCUT2D eigenvalue weighted by molar-refractivity contribution is 0.292. The Balaban J connectivity index is 1.43. The second kappa shape index (κ2) is 7.56. The quantitative estimate of drug-likeness (QED) is 0.415. The van der Waals surface area contributed by atoms with Crippen LogP contribution in [0.2, 0.25) is 0 Å². The molecule has 1 saturated heterocycles. The molecule has 1 aliphatic rings. The third kappa shape index (κ3) is 3.18. The molecule has 4 aromatic heterocycles. The molecule has 0 amide bonds. The van der Waals surface area contributed by atoms with E-state index < -0.39 is 0 Å². The van der Waals surface area contributed by atoms with Gasteiger partial charge in [0, 0.05) is 39.8 Å². The highest BCUT2D eigenvalue weighted by Crippen LogP contribution is 2.39. The van der Waals surface area contributed by atoms with E-state index in [4.69, 9.17) is 4.42 Å². The van der Waals surface area contributed by atoms with Crippen LogP contribution in [0.3, 0.4) is 0 Å². The Bertz CT molecular complexity index is 1400. The largest absolute Gasteiger partial charge is 0.419 e. The standard InChI is InChI=1S/C24H25N7O/c1-14(2)21-17-11-15(24-30-28-20(32-24)13-31-9-3-4-10-31)5-6-19(17)27-22(21)16-7-8-25-23-18(16)12-26-29-23/h5-8,11-12,14,27H,3-4,9-10,13H2,1-2H3,(H,25,26,29). The van der Waals surface area contributed by atoms with Gasteiger partial charge in [0.1, 0.15) is 0 Å². The lowest BCUT2D eigenvalue weighted by Gasteiger charge is -2.10. The van der Waals surface area contributed by atoms with Crippen LogP contribution in [0.25, 0.3) is 44.6 Å². The molecule has 5 heterocycles. The molecule has 6 rings (SSSR count). The first-order valence-corrected chi connectivity index (χ1v) is 11.2. The van der Waals surface area contributed by atoms with Crippen molar-refractivity contribution in [2.45, 2.75) is 39.2 Å². The van der Waals surface area contributed by atoms with Crippen molar-refractivity contribution in [1.82, 2.24) is 35.3 Å². The highest BCUT2D eigenvalue weighted by atomic mass is 16.4. The number of likely N-dealkylation sites (tertiary alicyclic amines) is 1. The van der Waals surface area contributed by atoms with Crippen molar-refractivity contribution >= 4 is 21.9 Å². The third-order valence-corrected chi connectivity index (χ3v) is 6.31. The smallest absolute Gasteiger partial charge is 0.247 e. The molecule has 5 aromatic rings. The number of pyridine rings is 1. The number of rotatable bonds is 5. The summed E-state index contributed by atoms with van der Waals surface area (Å²) in [4.78, 5) is 10.4. The lowest BCUT2D eigenvalue weighted by atomic mass is 9.95. The van der Waals surface area contributed by atoms with Crippen LogP contribution in [0.1, 0.15) is 44.1 Å². The summed E-state index contributed by atoms with van der Waals surface area (Å²) in [7, 11) is 0. The highest BCUT2D eigenvalue weighted by Gasteiger charge is 2.21. The molecule has 0 saturated carbocycles. The summed E-state index contributed by atoms with van der Waals surface area (Å²) < 4.78 is 6.02. The summed E-state index contributed by atoms with van der Waals surface area (Å²) in [6.07, 6.45) is 6.20. The molecular formula is C24H25N7O. The molecule has 0 unspecified atom stereocenters. The van der Waals surface area contributed by atoms with Crippen LogP contribution < -0.4 is 0 Å². The fourth-order valence-electron chi connectivity index (χ4n) is 4.79. The van der Waals surface area contributed by atoms with Gasteiger partial charge in [-0.1, -0.05) is 13.8 Å². The third-order valence-electron chi connectivity index (χ3n) is 6.31. The summed E-state index contributed by atoms with van der Waals surface area (Å²) in [5, 5.41) is 18.0. The summed E-state index contributed by atoms with van der Waals surface area (Å²) in [5.41, 5.74) is 6.18. The maximum absolute atomic E-state index is 6.02. The first kappa shape index (κ1) is 19.2. The van der Waals surface area contributed by atoms with Gasteiger partial charge in [0.25, 0.3) is 0 Å².